The van der Waals surface area contributed by atoms with Crippen LogP contribution in [0.1, 0.15) is 54.4 Å². The van der Waals surface area contributed by atoms with Crippen molar-refractivity contribution in [3.8, 4) is 11.8 Å². The highest BCUT2D eigenvalue weighted by Crippen LogP contribution is 2.28. The molecule has 0 bridgehead atoms. The molecule has 1 saturated carbocycles. The highest BCUT2D eigenvalue weighted by molar-refractivity contribution is 5.92. The third-order valence-corrected chi connectivity index (χ3v) is 7.33. The summed E-state index contributed by atoms with van der Waals surface area (Å²) < 4.78 is 5.34. The number of rotatable bonds is 7. The van der Waals surface area contributed by atoms with Crippen molar-refractivity contribution < 1.29 is 9.53 Å². The molecule has 1 aliphatic carbocycles. The number of fused-ring (bicyclic) bond motifs is 1. The van der Waals surface area contributed by atoms with E-state index in [0.29, 0.717) is 0 Å². The van der Waals surface area contributed by atoms with Gasteiger partial charge in [-0.1, -0.05) is 24.3 Å². The summed E-state index contributed by atoms with van der Waals surface area (Å²) in [6.07, 6.45) is 11.2. The van der Waals surface area contributed by atoms with Crippen LogP contribution in [0.25, 0.3) is 6.08 Å². The predicted molar refractivity (Wildman–Crippen MR) is 136 cm³/mol. The molecule has 178 valence electrons. The third-order valence-electron chi connectivity index (χ3n) is 7.33. The second-order valence-corrected chi connectivity index (χ2v) is 9.53. The number of amides is 1. The fraction of sp³-hybridized carbons (Fsp3) is 0.448. The van der Waals surface area contributed by atoms with Crippen LogP contribution in [0.15, 0.2) is 48.5 Å². The first-order valence-corrected chi connectivity index (χ1v) is 12.5. The molecule has 1 fully saturated rings. The molecule has 2 aromatic rings. The van der Waals surface area contributed by atoms with E-state index in [4.69, 9.17) is 10.00 Å². The number of carbonyl (C=O) groups excluding carboxylic acids is 1. The minimum Gasteiger partial charge on any atom is -0.496 e. The zero-order chi connectivity index (χ0) is 23.8. The summed E-state index contributed by atoms with van der Waals surface area (Å²) in [5, 5.41) is 12.3. The van der Waals surface area contributed by atoms with Crippen molar-refractivity contribution in [1.82, 2.24) is 10.2 Å². The molecule has 4 rings (SSSR count). The monoisotopic (exact) mass is 457 g/mol. The number of hydrogen-bond acceptors (Lipinski definition) is 4. The van der Waals surface area contributed by atoms with Gasteiger partial charge >= 0.3 is 0 Å². The highest BCUT2D eigenvalue weighted by Gasteiger charge is 2.23. The number of para-hydroxylation sites is 1. The van der Waals surface area contributed by atoms with Crippen molar-refractivity contribution in [2.24, 2.45) is 5.92 Å². The summed E-state index contributed by atoms with van der Waals surface area (Å²) in [5.41, 5.74) is 4.42. The molecular formula is C29H35N3O2. The zero-order valence-corrected chi connectivity index (χ0v) is 20.1. The maximum Gasteiger partial charge on any atom is 0.244 e. The lowest BCUT2D eigenvalue weighted by molar-refractivity contribution is -0.117. The Balaban J connectivity index is 1.17. The van der Waals surface area contributed by atoms with Crippen LogP contribution in [0.3, 0.4) is 0 Å². The number of ether oxygens (including phenoxy) is 1. The molecule has 0 unspecified atom stereocenters. The molecule has 1 N–H and O–H groups in total. The van der Waals surface area contributed by atoms with E-state index in [9.17, 15) is 4.79 Å². The minimum atomic E-state index is -0.0296. The standard InChI is InChI=1S/C29H35N3O2/c1-34-28-5-3-2-4-25(28)10-13-29(33)31-27-11-7-22(8-12-27)14-17-32-18-15-24-9-6-23(21-30)20-26(24)16-19-32/h2-6,9-10,13,20,22,27H,7-8,11-12,14-19H2,1H3,(H,31,33)/b13-10+. The molecule has 1 heterocycles. The molecule has 0 aromatic heterocycles. The summed E-state index contributed by atoms with van der Waals surface area (Å²) in [6, 6.07) is 16.4. The van der Waals surface area contributed by atoms with Crippen molar-refractivity contribution in [3.05, 3.63) is 70.8 Å². The fourth-order valence-electron chi connectivity index (χ4n) is 5.24. The summed E-state index contributed by atoms with van der Waals surface area (Å²) >= 11 is 0. The quantitative estimate of drug-likeness (QED) is 0.610. The molecule has 34 heavy (non-hydrogen) atoms. The number of hydrogen-bond donors (Lipinski definition) is 1. The van der Waals surface area contributed by atoms with E-state index in [-0.39, 0.29) is 11.9 Å². The largest absolute Gasteiger partial charge is 0.496 e. The second-order valence-electron chi connectivity index (χ2n) is 9.53. The lowest BCUT2D eigenvalue weighted by Crippen LogP contribution is -2.37. The van der Waals surface area contributed by atoms with E-state index in [1.54, 1.807) is 13.2 Å². The molecule has 5 heteroatoms. The Bertz CT molecular complexity index is 1050. The van der Waals surface area contributed by atoms with Crippen LogP contribution in [0, 0.1) is 17.2 Å². The van der Waals surface area contributed by atoms with Crippen molar-refractivity contribution in [2.75, 3.05) is 26.7 Å². The van der Waals surface area contributed by atoms with Crippen LogP contribution in [0.4, 0.5) is 0 Å². The van der Waals surface area contributed by atoms with E-state index in [2.05, 4.69) is 28.4 Å². The molecular weight excluding hydrogens is 422 g/mol. The van der Waals surface area contributed by atoms with Gasteiger partial charge in [-0.3, -0.25) is 4.79 Å². The van der Waals surface area contributed by atoms with E-state index < -0.39 is 0 Å². The first-order valence-electron chi connectivity index (χ1n) is 12.5. The minimum absolute atomic E-state index is 0.0296. The highest BCUT2D eigenvalue weighted by atomic mass is 16.5. The molecule has 0 spiro atoms. The average molecular weight is 458 g/mol. The molecule has 1 amide bonds. The predicted octanol–water partition coefficient (Wildman–Crippen LogP) is 4.75. The van der Waals surface area contributed by atoms with Crippen molar-refractivity contribution in [2.45, 2.75) is 51.0 Å². The third kappa shape index (κ3) is 6.48. The van der Waals surface area contributed by atoms with Gasteiger partial charge in [-0.15, -0.1) is 0 Å². The smallest absolute Gasteiger partial charge is 0.244 e. The molecule has 0 atom stereocenters. The normalized spacial score (nSPS) is 20.8. The van der Waals surface area contributed by atoms with Gasteiger partial charge in [0.05, 0.1) is 18.7 Å². The van der Waals surface area contributed by atoms with E-state index >= 15 is 0 Å². The number of benzene rings is 2. The van der Waals surface area contributed by atoms with Crippen molar-refractivity contribution in [1.29, 1.82) is 5.26 Å². The first kappa shape index (κ1) is 24.0. The Hall–Kier alpha value is -3.10. The Morgan fingerprint density at radius 1 is 1.12 bits per heavy atom. The van der Waals surface area contributed by atoms with Gasteiger partial charge in [0.15, 0.2) is 0 Å². The van der Waals surface area contributed by atoms with Crippen LogP contribution in [0.2, 0.25) is 0 Å². The average Bonchev–Trinajstić information content (AvgIpc) is 3.09. The van der Waals surface area contributed by atoms with Gasteiger partial charge in [0.2, 0.25) is 5.91 Å². The van der Waals surface area contributed by atoms with Crippen LogP contribution in [-0.2, 0) is 17.6 Å². The summed E-state index contributed by atoms with van der Waals surface area (Å²) in [5.74, 6) is 1.48. The van der Waals surface area contributed by atoms with Gasteiger partial charge in [-0.2, -0.15) is 5.26 Å². The van der Waals surface area contributed by atoms with E-state index in [0.717, 1.165) is 68.1 Å². The van der Waals surface area contributed by atoms with Crippen LogP contribution in [-0.4, -0.2) is 43.6 Å². The Morgan fingerprint density at radius 3 is 2.65 bits per heavy atom. The molecule has 0 radical (unpaired) electrons. The number of nitrogens with zero attached hydrogens (tertiary/aromatic N) is 2. The number of carbonyl (C=O) groups is 1. The van der Waals surface area contributed by atoms with Crippen molar-refractivity contribution in [3.63, 3.8) is 0 Å². The second kappa shape index (κ2) is 11.9. The Labute approximate surface area is 203 Å². The van der Waals surface area contributed by atoms with Gasteiger partial charge in [0.1, 0.15) is 5.75 Å². The summed E-state index contributed by atoms with van der Waals surface area (Å²) in [4.78, 5) is 15.0. The number of nitriles is 1. The van der Waals surface area contributed by atoms with Gasteiger partial charge in [-0.25, -0.2) is 0 Å². The van der Waals surface area contributed by atoms with Crippen LogP contribution >= 0.6 is 0 Å². The van der Waals surface area contributed by atoms with E-state index in [1.165, 1.54) is 30.4 Å². The van der Waals surface area contributed by atoms with Gasteiger partial charge in [0, 0.05) is 30.8 Å². The number of methoxy groups -OCH3 is 1. The lowest BCUT2D eigenvalue weighted by Gasteiger charge is -2.30. The molecule has 0 saturated heterocycles. The van der Waals surface area contributed by atoms with Crippen molar-refractivity contribution >= 4 is 12.0 Å². The zero-order valence-electron chi connectivity index (χ0n) is 20.1. The molecule has 1 aliphatic heterocycles. The first-order chi connectivity index (χ1) is 16.6. The van der Waals surface area contributed by atoms with Crippen LogP contribution in [0.5, 0.6) is 5.75 Å². The maximum atomic E-state index is 12.4. The molecule has 5 nitrogen and oxygen atoms in total. The lowest BCUT2D eigenvalue weighted by atomic mass is 9.84. The van der Waals surface area contributed by atoms with E-state index in [1.807, 2.05) is 36.4 Å². The molecule has 2 aromatic carbocycles. The summed E-state index contributed by atoms with van der Waals surface area (Å²) in [6.45, 7) is 3.32. The maximum absolute atomic E-state index is 12.4. The van der Waals surface area contributed by atoms with Gasteiger partial charge < -0.3 is 15.0 Å². The van der Waals surface area contributed by atoms with Gasteiger partial charge in [-0.05, 0) is 92.8 Å². The number of nitrogens with one attached hydrogen (secondary N) is 1. The Kier molecular flexibility index (Phi) is 8.38. The van der Waals surface area contributed by atoms with Gasteiger partial charge in [0.25, 0.3) is 0 Å². The SMILES string of the molecule is COc1ccccc1/C=C/C(=O)NC1CCC(CCN2CCc3ccc(C#N)cc3CC2)CC1. The van der Waals surface area contributed by atoms with Crippen LogP contribution < -0.4 is 10.1 Å². The fourth-order valence-corrected chi connectivity index (χ4v) is 5.24. The topological polar surface area (TPSA) is 65.4 Å². The Morgan fingerprint density at radius 2 is 1.88 bits per heavy atom. The summed E-state index contributed by atoms with van der Waals surface area (Å²) in [7, 11) is 1.64. The molecule has 2 aliphatic rings.